The molecule has 1 aliphatic carbocycles. The topological polar surface area (TPSA) is 46.3 Å². The van der Waals surface area contributed by atoms with Gasteiger partial charge in [-0.1, -0.05) is 0 Å². The average molecular weight is 196 g/mol. The van der Waals surface area contributed by atoms with E-state index in [1.54, 1.807) is 0 Å². The Morgan fingerprint density at radius 1 is 1.36 bits per heavy atom. The van der Waals surface area contributed by atoms with Gasteiger partial charge in [0.05, 0.1) is 0 Å². The molecule has 3 atom stereocenters. The number of amides is 1. The van der Waals surface area contributed by atoms with Crippen LogP contribution in [0.5, 0.6) is 0 Å². The van der Waals surface area contributed by atoms with E-state index in [1.165, 1.54) is 12.8 Å². The van der Waals surface area contributed by atoms with Crippen molar-refractivity contribution in [1.82, 2.24) is 4.90 Å². The van der Waals surface area contributed by atoms with E-state index in [0.717, 1.165) is 25.8 Å². The molecular formula is C11H20N2O. The molecule has 2 N–H and O–H groups in total. The van der Waals surface area contributed by atoms with Gasteiger partial charge in [0.15, 0.2) is 0 Å². The zero-order valence-electron chi connectivity index (χ0n) is 8.91. The van der Waals surface area contributed by atoms with Crippen LogP contribution in [-0.2, 0) is 4.79 Å². The Balaban J connectivity index is 1.94. The summed E-state index contributed by atoms with van der Waals surface area (Å²) in [5.41, 5.74) is 5.83. The Morgan fingerprint density at radius 2 is 2.14 bits per heavy atom. The van der Waals surface area contributed by atoms with Crippen LogP contribution < -0.4 is 5.73 Å². The van der Waals surface area contributed by atoms with Gasteiger partial charge < -0.3 is 10.6 Å². The molecule has 2 rings (SSSR count). The summed E-state index contributed by atoms with van der Waals surface area (Å²) in [4.78, 5) is 14.1. The van der Waals surface area contributed by atoms with Crippen LogP contribution in [0.25, 0.3) is 0 Å². The molecule has 2 fully saturated rings. The Bertz CT molecular complexity index is 229. The van der Waals surface area contributed by atoms with Gasteiger partial charge in [-0.2, -0.15) is 0 Å². The number of nitrogens with zero attached hydrogens (tertiary/aromatic N) is 1. The highest BCUT2D eigenvalue weighted by molar-refractivity contribution is 5.79. The Kier molecular flexibility index (Phi) is 2.77. The van der Waals surface area contributed by atoms with Gasteiger partial charge in [-0.15, -0.1) is 0 Å². The summed E-state index contributed by atoms with van der Waals surface area (Å²) in [6.07, 6.45) is 5.28. The number of rotatable bonds is 1. The van der Waals surface area contributed by atoms with E-state index in [4.69, 9.17) is 5.73 Å². The van der Waals surface area contributed by atoms with Gasteiger partial charge in [0.1, 0.15) is 0 Å². The van der Waals surface area contributed by atoms with Crippen molar-refractivity contribution in [2.24, 2.45) is 11.7 Å². The molecule has 3 nitrogen and oxygen atoms in total. The van der Waals surface area contributed by atoms with Crippen LogP contribution in [-0.4, -0.2) is 29.4 Å². The minimum Gasteiger partial charge on any atom is -0.340 e. The smallest absolute Gasteiger partial charge is 0.225 e. The second kappa shape index (κ2) is 3.89. The molecule has 1 saturated carbocycles. The molecule has 1 saturated heterocycles. The lowest BCUT2D eigenvalue weighted by atomic mass is 10.1. The average Bonchev–Trinajstić information content (AvgIpc) is 2.73. The van der Waals surface area contributed by atoms with Crippen molar-refractivity contribution in [1.29, 1.82) is 0 Å². The van der Waals surface area contributed by atoms with Gasteiger partial charge in [0.25, 0.3) is 0 Å². The molecular weight excluding hydrogens is 176 g/mol. The summed E-state index contributed by atoms with van der Waals surface area (Å²) in [6, 6.07) is 0.723. The van der Waals surface area contributed by atoms with E-state index in [2.05, 4.69) is 11.8 Å². The van der Waals surface area contributed by atoms with E-state index in [-0.39, 0.29) is 12.0 Å². The normalized spacial score (nSPS) is 37.9. The number of carbonyl (C=O) groups is 1. The lowest BCUT2D eigenvalue weighted by Crippen LogP contribution is -2.37. The molecule has 0 bridgehead atoms. The van der Waals surface area contributed by atoms with Gasteiger partial charge in [-0.3, -0.25) is 4.79 Å². The van der Waals surface area contributed by atoms with Crippen molar-refractivity contribution in [3.63, 3.8) is 0 Å². The van der Waals surface area contributed by atoms with Gasteiger partial charge in [0, 0.05) is 24.5 Å². The summed E-state index contributed by atoms with van der Waals surface area (Å²) in [6.45, 7) is 3.12. The number of hydrogen-bond acceptors (Lipinski definition) is 2. The lowest BCUT2D eigenvalue weighted by Gasteiger charge is -2.24. The summed E-state index contributed by atoms with van der Waals surface area (Å²) >= 11 is 0. The zero-order chi connectivity index (χ0) is 10.1. The molecule has 14 heavy (non-hydrogen) atoms. The summed E-state index contributed by atoms with van der Waals surface area (Å²) in [5, 5.41) is 0. The quantitative estimate of drug-likeness (QED) is 0.683. The fourth-order valence-corrected chi connectivity index (χ4v) is 2.74. The molecule has 0 radical (unpaired) electrons. The highest BCUT2D eigenvalue weighted by Gasteiger charge is 2.34. The third-order valence-corrected chi connectivity index (χ3v) is 3.66. The van der Waals surface area contributed by atoms with Gasteiger partial charge in [-0.05, 0) is 39.0 Å². The van der Waals surface area contributed by atoms with E-state index in [1.807, 2.05) is 0 Å². The van der Waals surface area contributed by atoms with Crippen LogP contribution in [0.1, 0.15) is 39.0 Å². The first-order chi connectivity index (χ1) is 6.68. The third-order valence-electron chi connectivity index (χ3n) is 3.66. The molecule has 80 valence electrons. The second-order valence-electron chi connectivity index (χ2n) is 4.79. The molecule has 1 aliphatic heterocycles. The van der Waals surface area contributed by atoms with E-state index in [0.29, 0.717) is 11.9 Å². The SMILES string of the molecule is CC1CCCN1C(=O)C1CCC(N)C1. The molecule has 0 aromatic carbocycles. The summed E-state index contributed by atoms with van der Waals surface area (Å²) in [7, 11) is 0. The Morgan fingerprint density at radius 3 is 2.64 bits per heavy atom. The van der Waals surface area contributed by atoms with E-state index >= 15 is 0 Å². The van der Waals surface area contributed by atoms with Gasteiger partial charge >= 0.3 is 0 Å². The Labute approximate surface area is 85.6 Å². The summed E-state index contributed by atoms with van der Waals surface area (Å²) in [5.74, 6) is 0.591. The largest absolute Gasteiger partial charge is 0.340 e. The first kappa shape index (κ1) is 9.97. The fourth-order valence-electron chi connectivity index (χ4n) is 2.74. The van der Waals surface area contributed by atoms with Crippen molar-refractivity contribution in [2.45, 2.75) is 51.1 Å². The molecule has 0 spiro atoms. The highest BCUT2D eigenvalue weighted by atomic mass is 16.2. The number of hydrogen-bond donors (Lipinski definition) is 1. The standard InChI is InChI=1S/C11H20N2O/c1-8-3-2-6-13(8)11(14)9-4-5-10(12)7-9/h8-10H,2-7,12H2,1H3. The monoisotopic (exact) mass is 196 g/mol. The third kappa shape index (κ3) is 1.78. The minimum atomic E-state index is 0.227. The maximum Gasteiger partial charge on any atom is 0.225 e. The number of carbonyl (C=O) groups excluding carboxylic acids is 1. The molecule has 1 heterocycles. The molecule has 3 unspecified atom stereocenters. The predicted octanol–water partition coefficient (Wildman–Crippen LogP) is 1.12. The molecule has 2 aliphatic rings. The second-order valence-corrected chi connectivity index (χ2v) is 4.79. The van der Waals surface area contributed by atoms with Crippen molar-refractivity contribution in [3.05, 3.63) is 0 Å². The van der Waals surface area contributed by atoms with E-state index < -0.39 is 0 Å². The van der Waals surface area contributed by atoms with Crippen LogP contribution in [0.2, 0.25) is 0 Å². The van der Waals surface area contributed by atoms with Crippen LogP contribution in [0, 0.1) is 5.92 Å². The number of nitrogens with two attached hydrogens (primary N) is 1. The van der Waals surface area contributed by atoms with Crippen molar-refractivity contribution < 1.29 is 4.79 Å². The lowest BCUT2D eigenvalue weighted by molar-refractivity contribution is -0.135. The minimum absolute atomic E-state index is 0.227. The molecule has 1 amide bonds. The predicted molar refractivity (Wildman–Crippen MR) is 55.7 cm³/mol. The van der Waals surface area contributed by atoms with Crippen molar-refractivity contribution in [2.75, 3.05) is 6.54 Å². The maximum atomic E-state index is 12.1. The van der Waals surface area contributed by atoms with Crippen LogP contribution >= 0.6 is 0 Å². The zero-order valence-corrected chi connectivity index (χ0v) is 8.91. The van der Waals surface area contributed by atoms with Crippen LogP contribution in [0.15, 0.2) is 0 Å². The maximum absolute atomic E-state index is 12.1. The molecule has 0 aromatic heterocycles. The van der Waals surface area contributed by atoms with E-state index in [9.17, 15) is 4.79 Å². The van der Waals surface area contributed by atoms with Crippen LogP contribution in [0.3, 0.4) is 0 Å². The molecule has 3 heteroatoms. The Hall–Kier alpha value is -0.570. The van der Waals surface area contributed by atoms with Crippen molar-refractivity contribution in [3.8, 4) is 0 Å². The van der Waals surface area contributed by atoms with Crippen LogP contribution in [0.4, 0.5) is 0 Å². The number of likely N-dealkylation sites (tertiary alicyclic amines) is 1. The van der Waals surface area contributed by atoms with Gasteiger partial charge in [-0.25, -0.2) is 0 Å². The van der Waals surface area contributed by atoms with Crippen molar-refractivity contribution >= 4 is 5.91 Å². The first-order valence-electron chi connectivity index (χ1n) is 5.74. The summed E-state index contributed by atoms with van der Waals surface area (Å²) < 4.78 is 0. The highest BCUT2D eigenvalue weighted by Crippen LogP contribution is 2.28. The first-order valence-corrected chi connectivity index (χ1v) is 5.74. The fraction of sp³-hybridized carbons (Fsp3) is 0.909. The van der Waals surface area contributed by atoms with Gasteiger partial charge in [0.2, 0.25) is 5.91 Å². The molecule has 0 aromatic rings.